The molecule has 1 heterocycles. The highest BCUT2D eigenvalue weighted by Crippen LogP contribution is 2.29. The zero-order chi connectivity index (χ0) is 11.3. The van der Waals surface area contributed by atoms with Crippen LogP contribution in [0.3, 0.4) is 0 Å². The highest BCUT2D eigenvalue weighted by Gasteiger charge is 2.10. The fraction of sp³-hybridized carbons (Fsp3) is 0.667. The van der Waals surface area contributed by atoms with Gasteiger partial charge in [0.05, 0.1) is 13.2 Å². The Morgan fingerprint density at radius 1 is 1.40 bits per heavy atom. The molecule has 0 aromatic carbocycles. The number of thiophene rings is 1. The van der Waals surface area contributed by atoms with Crippen LogP contribution in [-0.4, -0.2) is 12.2 Å². The Bertz CT molecular complexity index is 281. The van der Waals surface area contributed by atoms with Gasteiger partial charge in [0.2, 0.25) is 0 Å². The van der Waals surface area contributed by atoms with Gasteiger partial charge >= 0.3 is 0 Å². The lowest BCUT2D eigenvalue weighted by molar-refractivity contribution is 0.165. The largest absolute Gasteiger partial charge is 0.496 e. The summed E-state index contributed by atoms with van der Waals surface area (Å²) in [5.74, 6) is 1.56. The molecule has 1 aromatic heterocycles. The molecule has 0 saturated heterocycles. The summed E-state index contributed by atoms with van der Waals surface area (Å²) in [4.78, 5) is 1.01. The molecule has 2 nitrogen and oxygen atoms in total. The predicted molar refractivity (Wildman–Crippen MR) is 64.5 cm³/mol. The molecular formula is C12H20O2S. The highest BCUT2D eigenvalue weighted by molar-refractivity contribution is 7.10. The van der Waals surface area contributed by atoms with Gasteiger partial charge in [-0.2, -0.15) is 0 Å². The van der Waals surface area contributed by atoms with Crippen molar-refractivity contribution >= 4 is 11.3 Å². The zero-order valence-electron chi connectivity index (χ0n) is 9.69. The number of ether oxygens (including phenoxy) is 1. The maximum Gasteiger partial charge on any atom is 0.129 e. The Hall–Kier alpha value is -0.540. The lowest BCUT2D eigenvalue weighted by Crippen LogP contribution is -1.96. The second-order valence-corrected chi connectivity index (χ2v) is 5.17. The van der Waals surface area contributed by atoms with E-state index in [0.29, 0.717) is 0 Å². The first-order chi connectivity index (χ1) is 7.13. The van der Waals surface area contributed by atoms with Crippen molar-refractivity contribution in [2.45, 2.75) is 39.2 Å². The van der Waals surface area contributed by atoms with Gasteiger partial charge in [-0.25, -0.2) is 0 Å². The Balaban J connectivity index is 2.36. The van der Waals surface area contributed by atoms with Gasteiger partial charge in [-0.1, -0.05) is 26.7 Å². The van der Waals surface area contributed by atoms with E-state index in [-0.39, 0.29) is 6.10 Å². The first-order valence-electron chi connectivity index (χ1n) is 5.44. The van der Waals surface area contributed by atoms with Gasteiger partial charge in [0.25, 0.3) is 0 Å². The molecule has 0 bridgehead atoms. The van der Waals surface area contributed by atoms with Gasteiger partial charge in [-0.3, -0.25) is 0 Å². The van der Waals surface area contributed by atoms with Crippen molar-refractivity contribution in [2.75, 3.05) is 7.11 Å². The maximum absolute atomic E-state index is 9.90. The first kappa shape index (κ1) is 12.5. The molecule has 0 aliphatic rings. The van der Waals surface area contributed by atoms with Crippen molar-refractivity contribution in [1.29, 1.82) is 0 Å². The lowest BCUT2D eigenvalue weighted by Gasteiger charge is -2.09. The SMILES string of the molecule is COc1csc(C(O)CCCC(C)C)c1. The zero-order valence-corrected chi connectivity index (χ0v) is 10.5. The molecule has 0 spiro atoms. The molecule has 0 aliphatic heterocycles. The summed E-state index contributed by atoms with van der Waals surface area (Å²) in [6, 6.07) is 1.92. The van der Waals surface area contributed by atoms with Gasteiger partial charge in [0.15, 0.2) is 0 Å². The van der Waals surface area contributed by atoms with E-state index in [2.05, 4.69) is 13.8 Å². The van der Waals surface area contributed by atoms with Crippen LogP contribution in [0, 0.1) is 5.92 Å². The molecule has 0 radical (unpaired) electrons. The summed E-state index contributed by atoms with van der Waals surface area (Å²) in [7, 11) is 1.65. The first-order valence-corrected chi connectivity index (χ1v) is 6.32. The van der Waals surface area contributed by atoms with E-state index in [1.807, 2.05) is 11.4 Å². The normalized spacial score (nSPS) is 13.1. The Kier molecular flexibility index (Phi) is 5.12. The van der Waals surface area contributed by atoms with Crippen LogP contribution in [0.5, 0.6) is 5.75 Å². The number of aliphatic hydroxyl groups is 1. The van der Waals surface area contributed by atoms with Gasteiger partial charge in [-0.15, -0.1) is 11.3 Å². The summed E-state index contributed by atoms with van der Waals surface area (Å²) >= 11 is 1.57. The molecule has 3 heteroatoms. The fourth-order valence-corrected chi connectivity index (χ4v) is 2.35. The van der Waals surface area contributed by atoms with Crippen molar-refractivity contribution in [2.24, 2.45) is 5.92 Å². The number of hydrogen-bond donors (Lipinski definition) is 1. The molecule has 1 aromatic rings. The molecule has 15 heavy (non-hydrogen) atoms. The average molecular weight is 228 g/mol. The summed E-state index contributed by atoms with van der Waals surface area (Å²) in [6.07, 6.45) is 2.79. The summed E-state index contributed by atoms with van der Waals surface area (Å²) in [5.41, 5.74) is 0. The second kappa shape index (κ2) is 6.13. The average Bonchev–Trinajstić information content (AvgIpc) is 2.65. The van der Waals surface area contributed by atoms with E-state index in [0.717, 1.165) is 29.4 Å². The van der Waals surface area contributed by atoms with Gasteiger partial charge in [0.1, 0.15) is 5.75 Å². The maximum atomic E-state index is 9.90. The minimum Gasteiger partial charge on any atom is -0.496 e. The van der Waals surface area contributed by atoms with E-state index in [9.17, 15) is 5.11 Å². The monoisotopic (exact) mass is 228 g/mol. The summed E-state index contributed by atoms with van der Waals surface area (Å²) < 4.78 is 5.09. The Morgan fingerprint density at radius 3 is 2.67 bits per heavy atom. The fourth-order valence-electron chi connectivity index (χ4n) is 1.48. The molecule has 1 atom stereocenters. The molecule has 0 saturated carbocycles. The summed E-state index contributed by atoms with van der Waals surface area (Å²) in [5, 5.41) is 11.8. The quantitative estimate of drug-likeness (QED) is 0.806. The van der Waals surface area contributed by atoms with Crippen molar-refractivity contribution in [3.63, 3.8) is 0 Å². The van der Waals surface area contributed by atoms with Crippen molar-refractivity contribution in [3.05, 3.63) is 16.3 Å². The number of methoxy groups -OCH3 is 1. The van der Waals surface area contributed by atoms with Crippen LogP contribution in [0.2, 0.25) is 0 Å². The van der Waals surface area contributed by atoms with Gasteiger partial charge < -0.3 is 9.84 Å². The third-order valence-electron chi connectivity index (χ3n) is 2.42. The molecule has 86 valence electrons. The summed E-state index contributed by atoms with van der Waals surface area (Å²) in [6.45, 7) is 4.42. The van der Waals surface area contributed by atoms with Crippen molar-refractivity contribution in [1.82, 2.24) is 0 Å². The molecule has 1 N–H and O–H groups in total. The van der Waals surface area contributed by atoms with E-state index in [1.165, 1.54) is 6.42 Å². The minimum absolute atomic E-state index is 0.322. The van der Waals surface area contributed by atoms with Crippen LogP contribution in [-0.2, 0) is 0 Å². The lowest BCUT2D eigenvalue weighted by atomic mass is 10.0. The number of aliphatic hydroxyl groups excluding tert-OH is 1. The third kappa shape index (κ3) is 4.22. The van der Waals surface area contributed by atoms with Crippen LogP contribution in [0.25, 0.3) is 0 Å². The van der Waals surface area contributed by atoms with Crippen LogP contribution < -0.4 is 4.74 Å². The molecule has 1 rings (SSSR count). The molecule has 0 fully saturated rings. The van der Waals surface area contributed by atoms with Gasteiger partial charge in [0, 0.05) is 10.3 Å². The number of rotatable bonds is 6. The standard InChI is InChI=1S/C12H20O2S/c1-9(2)5-4-6-11(13)12-7-10(14-3)8-15-12/h7-9,11,13H,4-6H2,1-3H3. The van der Waals surface area contributed by atoms with E-state index in [4.69, 9.17) is 4.74 Å². The van der Waals surface area contributed by atoms with E-state index in [1.54, 1.807) is 18.4 Å². The Labute approximate surface area is 95.9 Å². The molecule has 0 amide bonds. The van der Waals surface area contributed by atoms with Crippen LogP contribution in [0.4, 0.5) is 0 Å². The van der Waals surface area contributed by atoms with E-state index >= 15 is 0 Å². The van der Waals surface area contributed by atoms with Crippen molar-refractivity contribution in [3.8, 4) is 5.75 Å². The molecule has 1 unspecified atom stereocenters. The molecular weight excluding hydrogens is 208 g/mol. The molecule has 0 aliphatic carbocycles. The Morgan fingerprint density at radius 2 is 2.13 bits per heavy atom. The van der Waals surface area contributed by atoms with Crippen LogP contribution in [0.1, 0.15) is 44.1 Å². The van der Waals surface area contributed by atoms with Gasteiger partial charge in [-0.05, 0) is 18.4 Å². The topological polar surface area (TPSA) is 29.5 Å². The number of hydrogen-bond acceptors (Lipinski definition) is 3. The third-order valence-corrected chi connectivity index (χ3v) is 3.43. The van der Waals surface area contributed by atoms with Crippen molar-refractivity contribution < 1.29 is 9.84 Å². The van der Waals surface area contributed by atoms with E-state index < -0.39 is 0 Å². The smallest absolute Gasteiger partial charge is 0.129 e. The highest BCUT2D eigenvalue weighted by atomic mass is 32.1. The predicted octanol–water partition coefficient (Wildman–Crippen LogP) is 3.62. The second-order valence-electron chi connectivity index (χ2n) is 4.23. The minimum atomic E-state index is -0.322. The van der Waals surface area contributed by atoms with Crippen LogP contribution in [0.15, 0.2) is 11.4 Å². The van der Waals surface area contributed by atoms with Crippen LogP contribution >= 0.6 is 11.3 Å².